The number of sulfonamides is 1. The molecule has 0 spiro atoms. The van der Waals surface area contributed by atoms with Gasteiger partial charge in [0, 0.05) is 17.1 Å². The summed E-state index contributed by atoms with van der Waals surface area (Å²) in [5.41, 5.74) is 1.45. The molecule has 23 heavy (non-hydrogen) atoms. The molecule has 0 aromatic heterocycles. The van der Waals surface area contributed by atoms with Gasteiger partial charge in [-0.3, -0.25) is 4.79 Å². The van der Waals surface area contributed by atoms with E-state index in [9.17, 15) is 13.2 Å². The molecular formula is C17H18ClNO3S. The Labute approximate surface area is 141 Å². The van der Waals surface area contributed by atoms with Crippen LogP contribution in [0.5, 0.6) is 0 Å². The summed E-state index contributed by atoms with van der Waals surface area (Å²) in [7, 11) is -3.61. The molecule has 0 aliphatic heterocycles. The first-order valence-corrected chi connectivity index (χ1v) is 9.10. The summed E-state index contributed by atoms with van der Waals surface area (Å²) in [4.78, 5) is 11.4. The molecule has 0 heterocycles. The first kappa shape index (κ1) is 17.7. The maximum absolute atomic E-state index is 12.2. The average Bonchev–Trinajstić information content (AvgIpc) is 2.52. The standard InChI is InChI=1S/C17H18ClNO3S/c1-13(20)15-7-3-9-17(12-15)23(21,22)19-10-4-6-14-5-2-8-16(18)11-14/h2-3,5,7-9,11-12,19H,4,6,10H2,1H3. The lowest BCUT2D eigenvalue weighted by atomic mass is 10.1. The summed E-state index contributed by atoms with van der Waals surface area (Å²) in [6.07, 6.45) is 1.39. The molecule has 122 valence electrons. The molecule has 6 heteroatoms. The van der Waals surface area contributed by atoms with Crippen molar-refractivity contribution in [2.45, 2.75) is 24.7 Å². The molecular weight excluding hydrogens is 334 g/mol. The van der Waals surface area contributed by atoms with Crippen molar-refractivity contribution in [1.29, 1.82) is 0 Å². The lowest BCUT2D eigenvalue weighted by Crippen LogP contribution is -2.25. The smallest absolute Gasteiger partial charge is 0.240 e. The molecule has 0 fully saturated rings. The fourth-order valence-electron chi connectivity index (χ4n) is 2.16. The number of rotatable bonds is 7. The third-order valence-electron chi connectivity index (χ3n) is 3.37. The predicted octanol–water partition coefficient (Wildman–Crippen LogP) is 3.45. The fourth-order valence-corrected chi connectivity index (χ4v) is 3.49. The number of aryl methyl sites for hydroxylation is 1. The minimum atomic E-state index is -3.61. The molecule has 2 aromatic carbocycles. The van der Waals surface area contributed by atoms with Crippen LogP contribution in [0.25, 0.3) is 0 Å². The van der Waals surface area contributed by atoms with E-state index in [0.717, 1.165) is 12.0 Å². The van der Waals surface area contributed by atoms with E-state index in [2.05, 4.69) is 4.72 Å². The van der Waals surface area contributed by atoms with E-state index in [1.165, 1.54) is 19.1 Å². The summed E-state index contributed by atoms with van der Waals surface area (Å²) < 4.78 is 27.0. The topological polar surface area (TPSA) is 63.2 Å². The molecule has 4 nitrogen and oxygen atoms in total. The number of hydrogen-bond acceptors (Lipinski definition) is 3. The van der Waals surface area contributed by atoms with Crippen LogP contribution in [-0.4, -0.2) is 20.7 Å². The van der Waals surface area contributed by atoms with Crippen molar-refractivity contribution in [1.82, 2.24) is 4.72 Å². The number of nitrogens with one attached hydrogen (secondary N) is 1. The van der Waals surface area contributed by atoms with Crippen molar-refractivity contribution < 1.29 is 13.2 Å². The highest BCUT2D eigenvalue weighted by atomic mass is 35.5. The van der Waals surface area contributed by atoms with Gasteiger partial charge in [0.2, 0.25) is 10.0 Å². The van der Waals surface area contributed by atoms with E-state index in [0.29, 0.717) is 23.6 Å². The quantitative estimate of drug-likeness (QED) is 0.613. The lowest BCUT2D eigenvalue weighted by molar-refractivity contribution is 0.101. The number of ketones is 1. The van der Waals surface area contributed by atoms with Crippen molar-refractivity contribution in [2.75, 3.05) is 6.54 Å². The SMILES string of the molecule is CC(=O)c1cccc(S(=O)(=O)NCCCc2cccc(Cl)c2)c1. The Hall–Kier alpha value is -1.69. The van der Waals surface area contributed by atoms with Gasteiger partial charge in [-0.15, -0.1) is 0 Å². The van der Waals surface area contributed by atoms with E-state index in [4.69, 9.17) is 11.6 Å². The second-order valence-electron chi connectivity index (χ2n) is 5.22. The summed E-state index contributed by atoms with van der Waals surface area (Å²) >= 11 is 5.91. The summed E-state index contributed by atoms with van der Waals surface area (Å²) in [5.74, 6) is -0.164. The molecule has 0 atom stereocenters. The molecule has 0 aliphatic rings. The van der Waals surface area contributed by atoms with Crippen molar-refractivity contribution in [2.24, 2.45) is 0 Å². The van der Waals surface area contributed by atoms with Crippen LogP contribution >= 0.6 is 11.6 Å². The highest BCUT2D eigenvalue weighted by Crippen LogP contribution is 2.13. The molecule has 0 saturated carbocycles. The van der Waals surface area contributed by atoms with Crippen LogP contribution in [0.1, 0.15) is 29.3 Å². The molecule has 0 radical (unpaired) electrons. The number of benzene rings is 2. The van der Waals surface area contributed by atoms with Gasteiger partial charge in [-0.2, -0.15) is 0 Å². The molecule has 0 unspecified atom stereocenters. The molecule has 0 bridgehead atoms. The van der Waals surface area contributed by atoms with Crippen LogP contribution in [0.2, 0.25) is 5.02 Å². The summed E-state index contributed by atoms with van der Waals surface area (Å²) in [6, 6.07) is 13.5. The fraction of sp³-hybridized carbons (Fsp3) is 0.235. The third-order valence-corrected chi connectivity index (χ3v) is 5.07. The van der Waals surface area contributed by atoms with Gasteiger partial charge in [-0.1, -0.05) is 35.9 Å². The summed E-state index contributed by atoms with van der Waals surface area (Å²) in [6.45, 7) is 1.73. The van der Waals surface area contributed by atoms with Crippen molar-refractivity contribution in [3.63, 3.8) is 0 Å². The predicted molar refractivity (Wildman–Crippen MR) is 91.4 cm³/mol. The zero-order chi connectivity index (χ0) is 16.9. The van der Waals surface area contributed by atoms with E-state index >= 15 is 0 Å². The summed E-state index contributed by atoms with van der Waals surface area (Å²) in [5, 5.41) is 0.670. The average molecular weight is 352 g/mol. The molecule has 0 amide bonds. The Morgan fingerprint density at radius 3 is 2.57 bits per heavy atom. The molecule has 1 N–H and O–H groups in total. The maximum atomic E-state index is 12.2. The molecule has 2 aromatic rings. The number of Topliss-reactive ketones (excluding diaryl/α,β-unsaturated/α-hetero) is 1. The van der Waals surface area contributed by atoms with Gasteiger partial charge in [-0.25, -0.2) is 13.1 Å². The van der Waals surface area contributed by atoms with Crippen LogP contribution < -0.4 is 4.72 Å². The van der Waals surface area contributed by atoms with Crippen molar-refractivity contribution >= 4 is 27.4 Å². The van der Waals surface area contributed by atoms with E-state index in [1.54, 1.807) is 18.2 Å². The minimum absolute atomic E-state index is 0.105. The Morgan fingerprint density at radius 1 is 1.13 bits per heavy atom. The van der Waals surface area contributed by atoms with Gasteiger partial charge in [-0.05, 0) is 49.6 Å². The largest absolute Gasteiger partial charge is 0.295 e. The van der Waals surface area contributed by atoms with Gasteiger partial charge in [0.1, 0.15) is 0 Å². The monoisotopic (exact) mass is 351 g/mol. The van der Waals surface area contributed by atoms with Crippen LogP contribution in [0.15, 0.2) is 53.4 Å². The second-order valence-corrected chi connectivity index (χ2v) is 7.42. The zero-order valence-corrected chi connectivity index (χ0v) is 14.3. The number of hydrogen-bond donors (Lipinski definition) is 1. The van der Waals surface area contributed by atoms with E-state index in [1.807, 2.05) is 18.2 Å². The Balaban J connectivity index is 1.94. The van der Waals surface area contributed by atoms with Crippen LogP contribution in [0.3, 0.4) is 0 Å². The minimum Gasteiger partial charge on any atom is -0.295 e. The Bertz CT molecular complexity index is 803. The third kappa shape index (κ3) is 5.16. The molecule has 2 rings (SSSR count). The Morgan fingerprint density at radius 2 is 1.87 bits per heavy atom. The normalized spacial score (nSPS) is 11.4. The number of carbonyl (C=O) groups is 1. The van der Waals surface area contributed by atoms with Gasteiger partial charge < -0.3 is 0 Å². The van der Waals surface area contributed by atoms with Crippen LogP contribution in [0.4, 0.5) is 0 Å². The molecule has 0 aliphatic carbocycles. The number of halogens is 1. The van der Waals surface area contributed by atoms with E-state index in [-0.39, 0.29) is 10.7 Å². The highest BCUT2D eigenvalue weighted by molar-refractivity contribution is 7.89. The van der Waals surface area contributed by atoms with Gasteiger partial charge in [0.15, 0.2) is 5.78 Å². The maximum Gasteiger partial charge on any atom is 0.240 e. The van der Waals surface area contributed by atoms with E-state index < -0.39 is 10.0 Å². The first-order chi connectivity index (χ1) is 10.9. The van der Waals surface area contributed by atoms with Crippen molar-refractivity contribution in [3.8, 4) is 0 Å². The van der Waals surface area contributed by atoms with Crippen LogP contribution in [0, 0.1) is 0 Å². The van der Waals surface area contributed by atoms with Crippen molar-refractivity contribution in [3.05, 3.63) is 64.7 Å². The molecule has 0 saturated heterocycles. The second kappa shape index (κ2) is 7.73. The zero-order valence-electron chi connectivity index (χ0n) is 12.8. The lowest BCUT2D eigenvalue weighted by Gasteiger charge is -2.08. The van der Waals surface area contributed by atoms with Crippen LogP contribution in [-0.2, 0) is 16.4 Å². The highest BCUT2D eigenvalue weighted by Gasteiger charge is 2.14. The number of carbonyl (C=O) groups excluding carboxylic acids is 1. The van der Waals surface area contributed by atoms with Gasteiger partial charge in [0.25, 0.3) is 0 Å². The van der Waals surface area contributed by atoms with Gasteiger partial charge >= 0.3 is 0 Å². The van der Waals surface area contributed by atoms with Gasteiger partial charge in [0.05, 0.1) is 4.90 Å². The Kier molecular flexibility index (Phi) is 5.93. The first-order valence-electron chi connectivity index (χ1n) is 7.23.